The van der Waals surface area contributed by atoms with E-state index in [1.807, 2.05) is 40.7 Å². The smallest absolute Gasteiger partial charge is 0.295 e. The number of ketones is 1. The molecule has 1 fully saturated rings. The molecule has 1 unspecified atom stereocenters. The summed E-state index contributed by atoms with van der Waals surface area (Å²) in [6, 6.07) is 9.22. The molecule has 2 N–H and O–H groups in total. The third kappa shape index (κ3) is 5.14. The lowest BCUT2D eigenvalue weighted by Gasteiger charge is -2.26. The Kier molecular flexibility index (Phi) is 7.78. The number of Topliss-reactive ketones (excluding diaryl/α,β-unsaturated/α-hetero) is 1. The molecule has 1 aliphatic heterocycles. The SMILES string of the molecule is CCCN1C(=O)C(=O)/C(=C(/O)c2ccc(OCC)c(C(C)(C)C)c2)C1c1ccc(O)c(OCC)c1. The van der Waals surface area contributed by atoms with Crippen molar-refractivity contribution in [2.45, 2.75) is 59.4 Å². The summed E-state index contributed by atoms with van der Waals surface area (Å²) >= 11 is 0. The van der Waals surface area contributed by atoms with E-state index in [9.17, 15) is 19.8 Å². The van der Waals surface area contributed by atoms with Crippen molar-refractivity contribution in [3.05, 3.63) is 58.7 Å². The van der Waals surface area contributed by atoms with E-state index in [1.165, 1.54) is 11.0 Å². The predicted octanol–water partition coefficient (Wildman–Crippen LogP) is 5.32. The molecule has 3 rings (SSSR count). The van der Waals surface area contributed by atoms with Gasteiger partial charge in [-0.1, -0.05) is 33.8 Å². The van der Waals surface area contributed by atoms with Gasteiger partial charge in [-0.05, 0) is 61.6 Å². The first-order chi connectivity index (χ1) is 16.5. The summed E-state index contributed by atoms with van der Waals surface area (Å²) < 4.78 is 11.3. The molecule has 0 radical (unpaired) electrons. The third-order valence-corrected chi connectivity index (χ3v) is 5.96. The lowest BCUT2D eigenvalue weighted by atomic mass is 9.84. The highest BCUT2D eigenvalue weighted by Crippen LogP contribution is 2.43. The number of phenols is 1. The molecule has 1 heterocycles. The molecule has 7 heteroatoms. The molecule has 188 valence electrons. The molecule has 1 amide bonds. The Labute approximate surface area is 207 Å². The molecule has 2 aromatic rings. The second-order valence-electron chi connectivity index (χ2n) is 9.55. The maximum atomic E-state index is 13.2. The maximum absolute atomic E-state index is 13.2. The van der Waals surface area contributed by atoms with Crippen LogP contribution in [0, 0.1) is 0 Å². The largest absolute Gasteiger partial charge is 0.507 e. The molecule has 1 saturated heterocycles. The Bertz CT molecular complexity index is 1140. The highest BCUT2D eigenvalue weighted by atomic mass is 16.5. The molecule has 0 spiro atoms. The first-order valence-corrected chi connectivity index (χ1v) is 12.1. The van der Waals surface area contributed by atoms with Crippen LogP contribution in [0.2, 0.25) is 0 Å². The quantitative estimate of drug-likeness (QED) is 0.301. The monoisotopic (exact) mass is 481 g/mol. The number of aliphatic hydroxyl groups is 1. The van der Waals surface area contributed by atoms with Crippen molar-refractivity contribution < 1.29 is 29.3 Å². The molecular weight excluding hydrogens is 446 g/mol. The summed E-state index contributed by atoms with van der Waals surface area (Å²) in [7, 11) is 0. The summed E-state index contributed by atoms with van der Waals surface area (Å²) in [5.74, 6) is -0.719. The number of aliphatic hydroxyl groups excluding tert-OH is 1. The Morgan fingerprint density at radius 1 is 0.971 bits per heavy atom. The van der Waals surface area contributed by atoms with Crippen LogP contribution in [-0.2, 0) is 15.0 Å². The Hall–Kier alpha value is -3.48. The molecule has 0 bridgehead atoms. The zero-order valence-electron chi connectivity index (χ0n) is 21.3. The zero-order chi connectivity index (χ0) is 25.9. The van der Waals surface area contributed by atoms with Crippen LogP contribution >= 0.6 is 0 Å². The number of likely N-dealkylation sites (tertiary alicyclic amines) is 1. The minimum atomic E-state index is -0.806. The number of phenolic OH excluding ortho intramolecular Hbond substituents is 1. The Balaban J connectivity index is 2.23. The fourth-order valence-electron chi connectivity index (χ4n) is 4.37. The van der Waals surface area contributed by atoms with E-state index in [4.69, 9.17) is 9.47 Å². The number of ether oxygens (including phenoxy) is 2. The van der Waals surface area contributed by atoms with E-state index in [-0.39, 0.29) is 28.2 Å². The van der Waals surface area contributed by atoms with Gasteiger partial charge in [-0.25, -0.2) is 0 Å². The van der Waals surface area contributed by atoms with Crippen molar-refractivity contribution in [3.8, 4) is 17.2 Å². The Morgan fingerprint density at radius 3 is 2.23 bits per heavy atom. The van der Waals surface area contributed by atoms with E-state index in [2.05, 4.69) is 0 Å². The van der Waals surface area contributed by atoms with E-state index in [1.54, 1.807) is 31.2 Å². The number of carbonyl (C=O) groups is 2. The summed E-state index contributed by atoms with van der Waals surface area (Å²) in [5, 5.41) is 21.6. The van der Waals surface area contributed by atoms with Gasteiger partial charge in [0.25, 0.3) is 11.7 Å². The summed E-state index contributed by atoms with van der Waals surface area (Å²) in [6.07, 6.45) is 0.636. The van der Waals surface area contributed by atoms with Gasteiger partial charge in [0, 0.05) is 17.7 Å². The van der Waals surface area contributed by atoms with Gasteiger partial charge in [-0.15, -0.1) is 0 Å². The molecule has 0 aliphatic carbocycles. The molecule has 35 heavy (non-hydrogen) atoms. The van der Waals surface area contributed by atoms with Gasteiger partial charge in [0.2, 0.25) is 0 Å². The van der Waals surface area contributed by atoms with Gasteiger partial charge in [0.15, 0.2) is 11.5 Å². The fourth-order valence-corrected chi connectivity index (χ4v) is 4.37. The van der Waals surface area contributed by atoms with E-state index >= 15 is 0 Å². The minimum Gasteiger partial charge on any atom is -0.507 e. The summed E-state index contributed by atoms with van der Waals surface area (Å²) in [6.45, 7) is 12.9. The van der Waals surface area contributed by atoms with Gasteiger partial charge in [-0.2, -0.15) is 0 Å². The van der Waals surface area contributed by atoms with Crippen molar-refractivity contribution in [1.29, 1.82) is 0 Å². The number of benzene rings is 2. The lowest BCUT2D eigenvalue weighted by molar-refractivity contribution is -0.139. The number of amides is 1. The molecular formula is C28H35NO6. The maximum Gasteiger partial charge on any atom is 0.295 e. The minimum absolute atomic E-state index is 0.0145. The standard InChI is InChI=1S/C28H35NO6/c1-7-14-29-24(17-10-12-20(30)22(16-17)35-9-3)23(26(32)27(29)33)25(31)18-11-13-21(34-8-2)19(15-18)28(4,5)6/h10-13,15-16,24,30-31H,7-9,14H2,1-6H3/b25-23+. The predicted molar refractivity (Wildman–Crippen MR) is 135 cm³/mol. The second kappa shape index (κ2) is 10.4. The number of rotatable bonds is 8. The average molecular weight is 482 g/mol. The fraction of sp³-hybridized carbons (Fsp3) is 0.429. The first-order valence-electron chi connectivity index (χ1n) is 12.1. The van der Waals surface area contributed by atoms with Crippen LogP contribution in [-0.4, -0.2) is 46.6 Å². The molecule has 1 aliphatic rings. The van der Waals surface area contributed by atoms with Crippen LogP contribution in [0.4, 0.5) is 0 Å². The lowest BCUT2D eigenvalue weighted by Crippen LogP contribution is -2.30. The molecule has 1 atom stereocenters. The van der Waals surface area contributed by atoms with Crippen molar-refractivity contribution in [3.63, 3.8) is 0 Å². The van der Waals surface area contributed by atoms with Crippen molar-refractivity contribution in [2.75, 3.05) is 19.8 Å². The zero-order valence-corrected chi connectivity index (χ0v) is 21.3. The van der Waals surface area contributed by atoms with Gasteiger partial charge in [0.1, 0.15) is 11.5 Å². The van der Waals surface area contributed by atoms with E-state index < -0.39 is 17.7 Å². The Morgan fingerprint density at radius 2 is 1.63 bits per heavy atom. The number of aromatic hydroxyl groups is 1. The van der Waals surface area contributed by atoms with Gasteiger partial charge < -0.3 is 24.6 Å². The van der Waals surface area contributed by atoms with Crippen molar-refractivity contribution >= 4 is 17.4 Å². The first kappa shape index (κ1) is 26.1. The average Bonchev–Trinajstić information content (AvgIpc) is 3.05. The van der Waals surface area contributed by atoms with Gasteiger partial charge in [0.05, 0.1) is 24.8 Å². The highest BCUT2D eigenvalue weighted by Gasteiger charge is 2.46. The highest BCUT2D eigenvalue weighted by molar-refractivity contribution is 6.46. The van der Waals surface area contributed by atoms with Crippen LogP contribution in [0.15, 0.2) is 42.0 Å². The number of hydrogen-bond donors (Lipinski definition) is 2. The number of carbonyl (C=O) groups excluding carboxylic acids is 2. The number of nitrogens with zero attached hydrogens (tertiary/aromatic N) is 1. The van der Waals surface area contributed by atoms with Gasteiger partial charge in [-0.3, -0.25) is 9.59 Å². The van der Waals surface area contributed by atoms with Crippen LogP contribution in [0.5, 0.6) is 17.2 Å². The summed E-state index contributed by atoms with van der Waals surface area (Å²) in [5.41, 5.74) is 1.62. The van der Waals surface area contributed by atoms with Gasteiger partial charge >= 0.3 is 0 Å². The summed E-state index contributed by atoms with van der Waals surface area (Å²) in [4.78, 5) is 27.7. The normalized spacial score (nSPS) is 17.7. The van der Waals surface area contributed by atoms with Crippen LogP contribution < -0.4 is 9.47 Å². The third-order valence-electron chi connectivity index (χ3n) is 5.96. The van der Waals surface area contributed by atoms with E-state index in [0.29, 0.717) is 43.1 Å². The topological polar surface area (TPSA) is 96.3 Å². The molecule has 0 saturated carbocycles. The number of hydrogen-bond acceptors (Lipinski definition) is 6. The second-order valence-corrected chi connectivity index (χ2v) is 9.55. The van der Waals surface area contributed by atoms with Crippen LogP contribution in [0.1, 0.15) is 70.7 Å². The molecule has 7 nitrogen and oxygen atoms in total. The van der Waals surface area contributed by atoms with Crippen molar-refractivity contribution in [1.82, 2.24) is 4.90 Å². The van der Waals surface area contributed by atoms with Crippen LogP contribution in [0.3, 0.4) is 0 Å². The molecule has 2 aromatic carbocycles. The molecule has 0 aromatic heterocycles. The van der Waals surface area contributed by atoms with Crippen molar-refractivity contribution in [2.24, 2.45) is 0 Å². The van der Waals surface area contributed by atoms with Crippen LogP contribution in [0.25, 0.3) is 5.76 Å². The van der Waals surface area contributed by atoms with E-state index in [0.717, 1.165) is 5.56 Å².